The van der Waals surface area contributed by atoms with Gasteiger partial charge < -0.3 is 0 Å². The maximum atomic E-state index is 14.8. The van der Waals surface area contributed by atoms with E-state index in [1.54, 1.807) is 12.1 Å². The van der Waals surface area contributed by atoms with E-state index in [4.69, 9.17) is 0 Å². The van der Waals surface area contributed by atoms with Crippen LogP contribution in [0.3, 0.4) is 0 Å². The number of fused-ring (bicyclic) bond motifs is 1. The number of hydrogen-bond donors (Lipinski definition) is 0. The van der Waals surface area contributed by atoms with E-state index in [1.807, 2.05) is 18.2 Å². The molecule has 0 N–H and O–H groups in total. The average molecular weight is 609 g/mol. The van der Waals surface area contributed by atoms with Crippen LogP contribution in [0.2, 0.25) is 9.26 Å². The molecule has 2 aromatic rings. The zero-order chi connectivity index (χ0) is 23.8. The molecule has 8 heteroatoms. The van der Waals surface area contributed by atoms with Crippen molar-refractivity contribution in [3.8, 4) is 0 Å². The monoisotopic (exact) mass is 606 g/mol. The molecule has 4 rings (SSSR count). The number of benzene rings is 2. The van der Waals surface area contributed by atoms with Gasteiger partial charge in [-0.1, -0.05) is 0 Å². The first-order valence-corrected chi connectivity index (χ1v) is 24.4. The Labute approximate surface area is 213 Å². The van der Waals surface area contributed by atoms with Gasteiger partial charge in [-0.25, -0.2) is 0 Å². The quantitative estimate of drug-likeness (QED) is 0.187. The van der Waals surface area contributed by atoms with Gasteiger partial charge in [-0.15, -0.1) is 24.8 Å². The number of allylic oxidation sites excluding steroid dienone is 5. The van der Waals surface area contributed by atoms with Gasteiger partial charge in [0, 0.05) is 0 Å². The largest absolute Gasteiger partial charge is 0.147 e. The summed E-state index contributed by atoms with van der Waals surface area (Å²) in [6, 6.07) is 7.78. The van der Waals surface area contributed by atoms with Crippen LogP contribution in [0.25, 0.3) is 5.57 Å². The summed E-state index contributed by atoms with van der Waals surface area (Å²) in [5.41, 5.74) is 5.31. The second-order valence-electron chi connectivity index (χ2n) is 10.4. The molecule has 0 fully saturated rings. The van der Waals surface area contributed by atoms with E-state index in [9.17, 15) is 17.6 Å². The van der Waals surface area contributed by atoms with Crippen molar-refractivity contribution >= 4 is 37.3 Å². The average Bonchev–Trinajstić information content (AvgIpc) is 3.20. The fraction of sp³-hybridized carbons (Fsp3) is 0.308. The van der Waals surface area contributed by atoms with Gasteiger partial charge in [-0.05, 0) is 0 Å². The van der Waals surface area contributed by atoms with Crippen LogP contribution in [-0.4, -0.2) is 6.88 Å². The van der Waals surface area contributed by atoms with Crippen LogP contribution in [0, 0.1) is 29.2 Å². The number of rotatable bonds is 3. The van der Waals surface area contributed by atoms with Crippen molar-refractivity contribution in [1.82, 2.24) is 0 Å². The van der Waals surface area contributed by atoms with Crippen molar-refractivity contribution in [2.75, 3.05) is 0 Å². The fourth-order valence-electron chi connectivity index (χ4n) is 6.01. The molecule has 34 heavy (non-hydrogen) atoms. The van der Waals surface area contributed by atoms with Crippen LogP contribution in [-0.2, 0) is 17.4 Å². The minimum absolute atomic E-state index is 0. The Balaban J connectivity index is 0.00000204. The summed E-state index contributed by atoms with van der Waals surface area (Å²) in [5, 5.41) is 0. The summed E-state index contributed by atoms with van der Waals surface area (Å²) in [7, 11) is 0. The smallest absolute Gasteiger partial charge is 0.147 e. The van der Waals surface area contributed by atoms with E-state index in [-0.39, 0.29) is 40.1 Å². The molecule has 0 amide bonds. The molecule has 0 nitrogen and oxygen atoms in total. The standard InChI is InChI=1S/C15H7F4.C9H13.2CH3.2ClH.H2Si.Zr/c16-11-7-12(17)15(19)13(14(11)18)10-6-5-8-3-1-2-4-9(8)10;1-6-5-7(2)9(4)8(6)3;;;;;;/h1-7H;6H,1-4H3;2*1H3;2*1H;1H2;. The van der Waals surface area contributed by atoms with E-state index in [2.05, 4.69) is 43.8 Å². The zero-order valence-electron chi connectivity index (χ0n) is 20.2. The Morgan fingerprint density at radius 1 is 0.853 bits per heavy atom. The maximum absolute atomic E-state index is 14.8. The van der Waals surface area contributed by atoms with Crippen LogP contribution in [0.4, 0.5) is 17.6 Å². The first-order valence-electron chi connectivity index (χ1n) is 10.9. The third kappa shape index (κ3) is 4.17. The van der Waals surface area contributed by atoms with Crippen molar-refractivity contribution in [2.24, 2.45) is 5.92 Å². The Morgan fingerprint density at radius 2 is 1.38 bits per heavy atom. The molecule has 184 valence electrons. The van der Waals surface area contributed by atoms with Crippen molar-refractivity contribution in [2.45, 2.75) is 40.6 Å². The van der Waals surface area contributed by atoms with E-state index in [1.165, 1.54) is 20.0 Å². The van der Waals surface area contributed by atoms with Crippen molar-refractivity contribution < 1.29 is 35.0 Å². The Hall–Kier alpha value is -0.940. The third-order valence-corrected chi connectivity index (χ3v) is 25.1. The molecule has 2 unspecified atom stereocenters. The summed E-state index contributed by atoms with van der Waals surface area (Å²) in [4.78, 5) is 0. The molecule has 2 aliphatic rings. The first kappa shape index (κ1) is 29.3. The molecule has 0 bridgehead atoms. The molecule has 0 saturated heterocycles. The second-order valence-corrected chi connectivity index (χ2v) is 39.9. The van der Waals surface area contributed by atoms with Crippen molar-refractivity contribution in [3.05, 3.63) is 96.4 Å². The minimum atomic E-state index is -3.80. The molecule has 0 saturated carbocycles. The summed E-state index contributed by atoms with van der Waals surface area (Å²) in [5.74, 6) is -5.13. The molecule has 2 aromatic carbocycles. The van der Waals surface area contributed by atoms with Gasteiger partial charge >= 0.3 is 190 Å². The topological polar surface area (TPSA) is 0 Å². The van der Waals surface area contributed by atoms with Gasteiger partial charge in [0.2, 0.25) is 0 Å². The van der Waals surface area contributed by atoms with Crippen LogP contribution in [0.5, 0.6) is 0 Å². The summed E-state index contributed by atoms with van der Waals surface area (Å²) >= 11 is -3.80. The van der Waals surface area contributed by atoms with E-state index < -0.39 is 46.2 Å². The Bertz CT molecular complexity index is 1320. The SMILES string of the molecule is CC1=C(C)C(C)[C]([Zr]([CH3])([CH3])(=[SiH2])[CH]2C=C(c3c(F)c(F)cc(F)c3F)c3ccccc32)=C1C.Cl.Cl. The third-order valence-electron chi connectivity index (χ3n) is 7.82. The minimum Gasteiger partial charge on any atom is -0.147 e. The van der Waals surface area contributed by atoms with Gasteiger partial charge in [0.25, 0.3) is 0 Å². The zero-order valence-corrected chi connectivity index (χ0v) is 25.7. The van der Waals surface area contributed by atoms with E-state index >= 15 is 0 Å². The Morgan fingerprint density at radius 3 is 1.88 bits per heavy atom. The van der Waals surface area contributed by atoms with Gasteiger partial charge in [-0.3, -0.25) is 0 Å². The first-order chi connectivity index (χ1) is 14.8. The summed E-state index contributed by atoms with van der Waals surface area (Å²) in [6.07, 6.45) is 1.89. The van der Waals surface area contributed by atoms with Gasteiger partial charge in [0.1, 0.15) is 0 Å². The maximum Gasteiger partial charge on any atom is -0.147 e. The summed E-state index contributed by atoms with van der Waals surface area (Å²) < 4.78 is 64.0. The normalized spacial score (nSPS) is 20.1. The fourth-order valence-corrected chi connectivity index (χ4v) is 24.5. The number of halogens is 6. The molecule has 0 spiro atoms. The molecular formula is C26H30Cl2F4SiZr. The molecule has 0 aliphatic heterocycles. The summed E-state index contributed by atoms with van der Waals surface area (Å²) in [6.45, 7) is 10.8. The molecular weight excluding hydrogens is 578 g/mol. The molecule has 0 radical (unpaired) electrons. The molecule has 0 aromatic heterocycles. The Kier molecular flexibility index (Phi) is 8.18. The molecule has 2 aliphatic carbocycles. The van der Waals surface area contributed by atoms with Crippen LogP contribution >= 0.6 is 24.8 Å². The number of hydrogen-bond acceptors (Lipinski definition) is 0. The van der Waals surface area contributed by atoms with Crippen molar-refractivity contribution in [1.29, 1.82) is 0 Å². The molecule has 0 heterocycles. The predicted octanol–water partition coefficient (Wildman–Crippen LogP) is 8.17. The van der Waals surface area contributed by atoms with Gasteiger partial charge in [0.15, 0.2) is 0 Å². The van der Waals surface area contributed by atoms with Crippen LogP contribution < -0.4 is 0 Å². The van der Waals surface area contributed by atoms with Crippen LogP contribution in [0.1, 0.15) is 48.0 Å². The van der Waals surface area contributed by atoms with E-state index in [0.717, 1.165) is 5.56 Å². The second kappa shape index (κ2) is 9.50. The molecule has 2 atom stereocenters. The van der Waals surface area contributed by atoms with E-state index in [0.29, 0.717) is 11.5 Å². The van der Waals surface area contributed by atoms with Gasteiger partial charge in [0.05, 0.1) is 0 Å². The van der Waals surface area contributed by atoms with Crippen LogP contribution in [0.15, 0.2) is 56.4 Å². The van der Waals surface area contributed by atoms with Gasteiger partial charge in [-0.2, -0.15) is 0 Å². The predicted molar refractivity (Wildman–Crippen MR) is 138 cm³/mol. The van der Waals surface area contributed by atoms with Crippen molar-refractivity contribution in [3.63, 3.8) is 0 Å².